The molecule has 23 heavy (non-hydrogen) atoms. The highest BCUT2D eigenvalue weighted by molar-refractivity contribution is 5.83. The second-order valence-corrected chi connectivity index (χ2v) is 7.16. The molecule has 2 atom stereocenters. The number of quaternary nitrogens is 1. The van der Waals surface area contributed by atoms with Crippen LogP contribution in [0, 0.1) is 6.92 Å². The van der Waals surface area contributed by atoms with E-state index in [1.54, 1.807) is 4.90 Å². The Balaban J connectivity index is 2.04. The lowest BCUT2D eigenvalue weighted by Gasteiger charge is -2.30. The molecule has 1 aromatic carbocycles. The van der Waals surface area contributed by atoms with E-state index in [2.05, 4.69) is 18.0 Å². The lowest BCUT2D eigenvalue weighted by molar-refractivity contribution is -0.942. The normalized spacial score (nSPS) is 21.6. The average molecular weight is 314 g/mol. The topological polar surface area (TPSA) is 40.5 Å². The Kier molecular flexibility index (Phi) is 4.44. The van der Waals surface area contributed by atoms with Gasteiger partial charge in [-0.2, -0.15) is 0 Å². The van der Waals surface area contributed by atoms with Crippen molar-refractivity contribution in [3.8, 4) is 0 Å². The van der Waals surface area contributed by atoms with Crippen molar-refractivity contribution in [3.63, 3.8) is 0 Å². The van der Waals surface area contributed by atoms with Crippen LogP contribution in [0.3, 0.4) is 0 Å². The van der Waals surface area contributed by atoms with Crippen LogP contribution in [-0.4, -0.2) is 31.7 Å². The number of aromatic nitrogens is 1. The molecule has 0 radical (unpaired) electrons. The van der Waals surface area contributed by atoms with Crippen molar-refractivity contribution in [2.24, 2.45) is 0 Å². The van der Waals surface area contributed by atoms with Crippen LogP contribution in [0.5, 0.6) is 0 Å². The molecule has 0 saturated carbocycles. The fourth-order valence-corrected chi connectivity index (χ4v) is 3.67. The van der Waals surface area contributed by atoms with Crippen molar-refractivity contribution in [3.05, 3.63) is 39.7 Å². The maximum atomic E-state index is 13.1. The van der Waals surface area contributed by atoms with Gasteiger partial charge in [-0.05, 0) is 51.3 Å². The van der Waals surface area contributed by atoms with E-state index in [0.717, 1.165) is 34.4 Å². The Morgan fingerprint density at radius 2 is 2.09 bits per heavy atom. The summed E-state index contributed by atoms with van der Waals surface area (Å²) in [6.45, 7) is 6.35. The first-order valence-corrected chi connectivity index (χ1v) is 8.65. The van der Waals surface area contributed by atoms with Crippen LogP contribution >= 0.6 is 0 Å². The number of aryl methyl sites for hydroxylation is 1. The van der Waals surface area contributed by atoms with Crippen molar-refractivity contribution in [1.29, 1.82) is 0 Å². The quantitative estimate of drug-likeness (QED) is 0.908. The average Bonchev–Trinajstić information content (AvgIpc) is 2.52. The number of hydrogen-bond donors (Lipinski definition) is 2. The number of anilines is 1. The van der Waals surface area contributed by atoms with Crippen molar-refractivity contribution < 1.29 is 4.90 Å². The van der Waals surface area contributed by atoms with Crippen LogP contribution in [0.1, 0.15) is 37.4 Å². The molecule has 1 aliphatic heterocycles. The lowest BCUT2D eigenvalue weighted by Crippen LogP contribution is -3.15. The van der Waals surface area contributed by atoms with E-state index >= 15 is 0 Å². The molecule has 2 heterocycles. The predicted octanol–water partition coefficient (Wildman–Crippen LogP) is 1.86. The number of fused-ring (bicyclic) bond motifs is 1. The highest BCUT2D eigenvalue weighted by Crippen LogP contribution is 2.18. The highest BCUT2D eigenvalue weighted by atomic mass is 16.1. The number of nitrogens with one attached hydrogen (secondary N) is 2. The number of pyridine rings is 1. The minimum atomic E-state index is 0.199. The van der Waals surface area contributed by atoms with Gasteiger partial charge in [-0.15, -0.1) is 0 Å². The van der Waals surface area contributed by atoms with E-state index in [1.165, 1.54) is 25.8 Å². The Morgan fingerprint density at radius 1 is 1.30 bits per heavy atom. The molecule has 2 N–H and O–H groups in total. The zero-order chi connectivity index (χ0) is 16.6. The molecular formula is C19H28N3O+. The zero-order valence-electron chi connectivity index (χ0n) is 14.7. The number of benzene rings is 1. The summed E-state index contributed by atoms with van der Waals surface area (Å²) >= 11 is 0. The van der Waals surface area contributed by atoms with E-state index in [9.17, 15) is 4.79 Å². The molecular weight excluding hydrogens is 286 g/mol. The first kappa shape index (κ1) is 16.1. The third-order valence-corrected chi connectivity index (χ3v) is 5.30. The van der Waals surface area contributed by atoms with Crippen LogP contribution in [-0.2, 0) is 6.54 Å². The second-order valence-electron chi connectivity index (χ2n) is 7.16. The fourth-order valence-electron chi connectivity index (χ4n) is 3.67. The van der Waals surface area contributed by atoms with Gasteiger partial charge in [0, 0.05) is 36.4 Å². The predicted molar refractivity (Wildman–Crippen MR) is 96.5 cm³/mol. The van der Waals surface area contributed by atoms with Crippen LogP contribution in [0.4, 0.5) is 5.69 Å². The smallest absolute Gasteiger partial charge is 0.198 e. The molecule has 2 aromatic rings. The third-order valence-electron chi connectivity index (χ3n) is 5.30. The molecule has 0 spiro atoms. The van der Waals surface area contributed by atoms with Crippen LogP contribution in [0.25, 0.3) is 10.9 Å². The standard InChI is InChI=1S/C19H27N3O/c1-13-7-5-6-10-22(13)12-17-14(2)20-18-9-8-15(21(3)4)11-16(18)19(17)23/h8-9,11,13H,5-7,10,12H2,1-4H3,(H,20,23)/p+1/t13-/m1/s1. The highest BCUT2D eigenvalue weighted by Gasteiger charge is 2.24. The van der Waals surface area contributed by atoms with Crippen molar-refractivity contribution in [2.75, 3.05) is 25.5 Å². The molecule has 0 bridgehead atoms. The summed E-state index contributed by atoms with van der Waals surface area (Å²) in [5.41, 5.74) is 4.17. The van der Waals surface area contributed by atoms with Gasteiger partial charge in [0.05, 0.1) is 18.2 Å². The number of nitrogens with zero attached hydrogens (tertiary/aromatic N) is 1. The lowest BCUT2D eigenvalue weighted by atomic mass is 10.0. The number of hydrogen-bond acceptors (Lipinski definition) is 2. The monoisotopic (exact) mass is 314 g/mol. The molecule has 124 valence electrons. The van der Waals surface area contributed by atoms with Crippen LogP contribution < -0.4 is 15.2 Å². The van der Waals surface area contributed by atoms with Gasteiger partial charge in [0.1, 0.15) is 6.54 Å². The molecule has 4 nitrogen and oxygen atoms in total. The second kappa shape index (κ2) is 6.36. The van der Waals surface area contributed by atoms with Crippen molar-refractivity contribution in [2.45, 2.75) is 45.7 Å². The minimum Gasteiger partial charge on any atom is -0.378 e. The number of H-pyrrole nitrogens is 1. The van der Waals surface area contributed by atoms with Crippen LogP contribution in [0.2, 0.25) is 0 Å². The molecule has 4 heteroatoms. The maximum Gasteiger partial charge on any atom is 0.198 e. The van der Waals surface area contributed by atoms with Gasteiger partial charge in [0.15, 0.2) is 5.43 Å². The van der Waals surface area contributed by atoms with E-state index in [1.807, 2.05) is 38.1 Å². The summed E-state index contributed by atoms with van der Waals surface area (Å²) < 4.78 is 0. The molecule has 1 aliphatic rings. The van der Waals surface area contributed by atoms with Gasteiger partial charge in [0.25, 0.3) is 0 Å². The molecule has 1 aromatic heterocycles. The molecule has 1 fully saturated rings. The van der Waals surface area contributed by atoms with Gasteiger partial charge in [0.2, 0.25) is 0 Å². The minimum absolute atomic E-state index is 0.199. The van der Waals surface area contributed by atoms with Crippen LogP contribution in [0.15, 0.2) is 23.0 Å². The summed E-state index contributed by atoms with van der Waals surface area (Å²) in [5, 5.41) is 0.806. The number of likely N-dealkylation sites (tertiary alicyclic amines) is 1. The molecule has 1 saturated heterocycles. The van der Waals surface area contributed by atoms with Crippen molar-refractivity contribution >= 4 is 16.6 Å². The van der Waals surface area contributed by atoms with Gasteiger partial charge in [-0.1, -0.05) is 0 Å². The number of piperidine rings is 1. The van der Waals surface area contributed by atoms with Crippen molar-refractivity contribution in [1.82, 2.24) is 4.98 Å². The third kappa shape index (κ3) is 3.13. The number of aromatic amines is 1. The number of rotatable bonds is 3. The zero-order valence-corrected chi connectivity index (χ0v) is 14.7. The molecule has 3 rings (SSSR count). The maximum absolute atomic E-state index is 13.1. The first-order valence-electron chi connectivity index (χ1n) is 8.65. The summed E-state index contributed by atoms with van der Waals surface area (Å²) in [7, 11) is 4.01. The summed E-state index contributed by atoms with van der Waals surface area (Å²) in [4.78, 5) is 20.1. The Bertz CT molecular complexity index is 763. The summed E-state index contributed by atoms with van der Waals surface area (Å²) in [6.07, 6.45) is 3.86. The molecule has 1 unspecified atom stereocenters. The first-order chi connectivity index (χ1) is 11.0. The van der Waals surface area contributed by atoms with Gasteiger partial charge >= 0.3 is 0 Å². The van der Waals surface area contributed by atoms with E-state index in [-0.39, 0.29) is 5.43 Å². The Labute approximate surface area is 138 Å². The molecule has 0 amide bonds. The Hall–Kier alpha value is -1.81. The Morgan fingerprint density at radius 3 is 2.78 bits per heavy atom. The summed E-state index contributed by atoms with van der Waals surface area (Å²) in [5.74, 6) is 0. The molecule has 0 aliphatic carbocycles. The van der Waals surface area contributed by atoms with E-state index < -0.39 is 0 Å². The summed E-state index contributed by atoms with van der Waals surface area (Å²) in [6, 6.07) is 6.71. The van der Waals surface area contributed by atoms with Gasteiger partial charge < -0.3 is 14.8 Å². The largest absolute Gasteiger partial charge is 0.378 e. The van der Waals surface area contributed by atoms with Gasteiger partial charge in [-0.25, -0.2) is 0 Å². The SMILES string of the molecule is Cc1[nH]c2ccc(N(C)C)cc2c(=O)c1C[NH+]1CCCC[C@H]1C. The van der Waals surface area contributed by atoms with Gasteiger partial charge in [-0.3, -0.25) is 4.79 Å². The fraction of sp³-hybridized carbons (Fsp3) is 0.526. The van der Waals surface area contributed by atoms with E-state index in [0.29, 0.717) is 6.04 Å². The van der Waals surface area contributed by atoms with E-state index in [4.69, 9.17) is 0 Å².